The quantitative estimate of drug-likeness (QED) is 0.467. The van der Waals surface area contributed by atoms with Crippen molar-refractivity contribution in [2.45, 2.75) is 40.5 Å². The Morgan fingerprint density at radius 2 is 1.11 bits per heavy atom. The summed E-state index contributed by atoms with van der Waals surface area (Å²) in [4.78, 5) is 0. The van der Waals surface area contributed by atoms with Gasteiger partial charge in [0.1, 0.15) is 0 Å². The average molecular weight is 333 g/mol. The third-order valence-electron chi connectivity index (χ3n) is 3.06. The first kappa shape index (κ1) is 24.0. The standard InChI is InChI=1S/2C8H11.2ClH.Ti/c2*1-3-8-6-4-5-7(8)2;;;/h2*4-6H,3H2,1-2H3;2*1H;/q2*-1;;;+4/p-2. The first-order valence-electron chi connectivity index (χ1n) is 6.11. The van der Waals surface area contributed by atoms with Gasteiger partial charge in [-0.05, 0) is 0 Å². The maximum Gasteiger partial charge on any atom is 4.00 e. The van der Waals surface area contributed by atoms with Gasteiger partial charge in [-0.25, -0.2) is 24.3 Å². The molecule has 0 bridgehead atoms. The summed E-state index contributed by atoms with van der Waals surface area (Å²) in [6, 6.07) is 12.9. The third-order valence-corrected chi connectivity index (χ3v) is 3.06. The second kappa shape index (κ2) is 13.0. The van der Waals surface area contributed by atoms with Crippen LogP contribution in [0.3, 0.4) is 0 Å². The average Bonchev–Trinajstić information content (AvgIpc) is 2.87. The number of hydrogen-bond donors (Lipinski definition) is 0. The van der Waals surface area contributed by atoms with Gasteiger partial charge < -0.3 is 24.8 Å². The van der Waals surface area contributed by atoms with Crippen LogP contribution in [0.1, 0.15) is 36.1 Å². The van der Waals surface area contributed by atoms with Gasteiger partial charge in [0.15, 0.2) is 0 Å². The van der Waals surface area contributed by atoms with Crippen molar-refractivity contribution in [2.24, 2.45) is 0 Å². The minimum atomic E-state index is 0. The number of aryl methyl sites for hydroxylation is 4. The first-order chi connectivity index (χ1) is 7.69. The van der Waals surface area contributed by atoms with E-state index < -0.39 is 0 Å². The predicted molar refractivity (Wildman–Crippen MR) is 72.3 cm³/mol. The maximum atomic E-state index is 2.18. The summed E-state index contributed by atoms with van der Waals surface area (Å²) < 4.78 is 0. The van der Waals surface area contributed by atoms with Crippen LogP contribution in [-0.4, -0.2) is 0 Å². The van der Waals surface area contributed by atoms with Gasteiger partial charge in [-0.3, -0.25) is 0 Å². The molecule has 2 aromatic rings. The molecule has 104 valence electrons. The van der Waals surface area contributed by atoms with E-state index >= 15 is 0 Å². The van der Waals surface area contributed by atoms with Gasteiger partial charge in [-0.15, -0.1) is 0 Å². The monoisotopic (exact) mass is 332 g/mol. The second-order valence-electron chi connectivity index (χ2n) is 4.18. The summed E-state index contributed by atoms with van der Waals surface area (Å²) in [5, 5.41) is 0. The minimum absolute atomic E-state index is 0. The van der Waals surface area contributed by atoms with E-state index in [4.69, 9.17) is 0 Å². The van der Waals surface area contributed by atoms with Gasteiger partial charge >= 0.3 is 21.7 Å². The molecule has 2 aromatic carbocycles. The molecule has 0 amide bonds. The SMILES string of the molecule is CCc1ccc[c-]1C.CCc1ccc[c-]1C.[Cl-].[Cl-].[Ti+4]. The van der Waals surface area contributed by atoms with Gasteiger partial charge in [0, 0.05) is 0 Å². The molecule has 0 aliphatic heterocycles. The Hall–Kier alpha value is -0.00571. The normalized spacial score (nSPS) is 8.21. The molecule has 0 nitrogen and oxygen atoms in total. The van der Waals surface area contributed by atoms with E-state index in [-0.39, 0.29) is 46.5 Å². The van der Waals surface area contributed by atoms with E-state index in [2.05, 4.69) is 64.1 Å². The molecule has 0 atom stereocenters. The molecule has 0 heterocycles. The third kappa shape index (κ3) is 8.00. The number of rotatable bonds is 2. The maximum absolute atomic E-state index is 2.18. The van der Waals surface area contributed by atoms with E-state index in [1.165, 1.54) is 35.1 Å². The summed E-state index contributed by atoms with van der Waals surface area (Å²) in [6.07, 6.45) is 2.33. The van der Waals surface area contributed by atoms with E-state index in [0.717, 1.165) is 0 Å². The molecule has 3 heteroatoms. The van der Waals surface area contributed by atoms with Crippen LogP contribution in [0.5, 0.6) is 0 Å². The van der Waals surface area contributed by atoms with Crippen LogP contribution < -0.4 is 24.8 Å². The number of hydrogen-bond acceptors (Lipinski definition) is 0. The van der Waals surface area contributed by atoms with Gasteiger partial charge in [-0.2, -0.15) is 34.4 Å². The molecule has 19 heavy (non-hydrogen) atoms. The Bertz CT molecular complexity index is 376. The molecule has 0 aromatic heterocycles. The zero-order valence-electron chi connectivity index (χ0n) is 12.1. The zero-order valence-corrected chi connectivity index (χ0v) is 15.2. The first-order valence-corrected chi connectivity index (χ1v) is 6.11. The Balaban J connectivity index is -0.000000233. The molecule has 0 saturated carbocycles. The topological polar surface area (TPSA) is 0 Å². The Morgan fingerprint density at radius 1 is 0.789 bits per heavy atom. The van der Waals surface area contributed by atoms with Crippen molar-refractivity contribution in [1.29, 1.82) is 0 Å². The summed E-state index contributed by atoms with van der Waals surface area (Å²) in [5.41, 5.74) is 5.80. The van der Waals surface area contributed by atoms with Crippen LogP contribution in [0.25, 0.3) is 0 Å². The second-order valence-corrected chi connectivity index (χ2v) is 4.18. The fourth-order valence-electron chi connectivity index (χ4n) is 1.89. The summed E-state index contributed by atoms with van der Waals surface area (Å²) in [7, 11) is 0. The fourth-order valence-corrected chi connectivity index (χ4v) is 1.89. The van der Waals surface area contributed by atoms with Gasteiger partial charge in [0.25, 0.3) is 0 Å². The van der Waals surface area contributed by atoms with Crippen molar-refractivity contribution in [3.05, 3.63) is 58.7 Å². The fraction of sp³-hybridized carbons (Fsp3) is 0.375. The van der Waals surface area contributed by atoms with Crippen molar-refractivity contribution < 1.29 is 46.5 Å². The molecular formula is C16H22Cl2Ti. The van der Waals surface area contributed by atoms with Crippen LogP contribution in [0.15, 0.2) is 36.4 Å². The van der Waals surface area contributed by atoms with Crippen molar-refractivity contribution in [2.75, 3.05) is 0 Å². The smallest absolute Gasteiger partial charge is 1.00 e. The molecule has 0 aliphatic rings. The molecule has 0 unspecified atom stereocenters. The van der Waals surface area contributed by atoms with Crippen molar-refractivity contribution in [3.63, 3.8) is 0 Å². The van der Waals surface area contributed by atoms with E-state index in [1.54, 1.807) is 0 Å². The minimum Gasteiger partial charge on any atom is -1.00 e. The molecule has 0 saturated heterocycles. The van der Waals surface area contributed by atoms with Crippen LogP contribution in [0.4, 0.5) is 0 Å². The molecular weight excluding hydrogens is 311 g/mol. The van der Waals surface area contributed by atoms with Crippen molar-refractivity contribution in [1.82, 2.24) is 0 Å². The van der Waals surface area contributed by atoms with E-state index in [9.17, 15) is 0 Å². The summed E-state index contributed by atoms with van der Waals surface area (Å²) in [6.45, 7) is 8.67. The van der Waals surface area contributed by atoms with Crippen molar-refractivity contribution >= 4 is 0 Å². The molecule has 0 spiro atoms. The molecule has 0 radical (unpaired) electrons. The van der Waals surface area contributed by atoms with Crippen LogP contribution >= 0.6 is 0 Å². The predicted octanol–water partition coefficient (Wildman–Crippen LogP) is -1.44. The Morgan fingerprint density at radius 3 is 1.21 bits per heavy atom. The zero-order chi connectivity index (χ0) is 12.0. The molecule has 2 rings (SSSR count). The number of halogens is 2. The Labute approximate surface area is 145 Å². The largest absolute Gasteiger partial charge is 4.00 e. The van der Waals surface area contributed by atoms with Crippen LogP contribution in [0.2, 0.25) is 0 Å². The van der Waals surface area contributed by atoms with Crippen LogP contribution in [0, 0.1) is 13.8 Å². The van der Waals surface area contributed by atoms with Gasteiger partial charge in [-0.1, -0.05) is 40.5 Å². The summed E-state index contributed by atoms with van der Waals surface area (Å²) >= 11 is 0. The van der Waals surface area contributed by atoms with E-state index in [1.807, 2.05) is 0 Å². The van der Waals surface area contributed by atoms with Gasteiger partial charge in [0.2, 0.25) is 0 Å². The summed E-state index contributed by atoms with van der Waals surface area (Å²) in [5.74, 6) is 0. The van der Waals surface area contributed by atoms with Crippen molar-refractivity contribution in [3.8, 4) is 0 Å². The molecule has 0 aliphatic carbocycles. The van der Waals surface area contributed by atoms with Crippen LogP contribution in [-0.2, 0) is 34.6 Å². The molecule has 0 N–H and O–H groups in total. The van der Waals surface area contributed by atoms with E-state index in [0.29, 0.717) is 0 Å². The Kier molecular flexibility index (Phi) is 16.4. The van der Waals surface area contributed by atoms with Gasteiger partial charge in [0.05, 0.1) is 0 Å². The molecule has 0 fully saturated rings.